The van der Waals surface area contributed by atoms with E-state index in [9.17, 15) is 9.59 Å². The van der Waals surface area contributed by atoms with Crippen molar-refractivity contribution in [3.05, 3.63) is 35.4 Å². The lowest BCUT2D eigenvalue weighted by atomic mass is 10.0. The Morgan fingerprint density at radius 1 is 1.33 bits per heavy atom. The smallest absolute Gasteiger partial charge is 0.335 e. The Bertz CT molecular complexity index is 431. The highest BCUT2D eigenvalue weighted by molar-refractivity contribution is 5.91. The van der Waals surface area contributed by atoms with Gasteiger partial charge in [-0.15, -0.1) is 0 Å². The summed E-state index contributed by atoms with van der Waals surface area (Å²) in [5.41, 5.74) is 0.626. The second-order valence-electron chi connectivity index (χ2n) is 4.12. The number of carbonyl (C=O) groups is 2. The van der Waals surface area contributed by atoms with E-state index in [1.54, 1.807) is 25.1 Å². The van der Waals surface area contributed by atoms with Crippen LogP contribution in [0.25, 0.3) is 0 Å². The zero-order valence-electron chi connectivity index (χ0n) is 10.2. The van der Waals surface area contributed by atoms with Crippen molar-refractivity contribution in [1.29, 1.82) is 0 Å². The molecule has 1 aromatic carbocycles. The van der Waals surface area contributed by atoms with Gasteiger partial charge in [-0.25, -0.2) is 4.79 Å². The molecule has 1 rings (SSSR count). The molecule has 1 atom stereocenters. The number of amides is 1. The fraction of sp³-hybridized carbons (Fsp3) is 0.385. The summed E-state index contributed by atoms with van der Waals surface area (Å²) in [6, 6.07) is 6.30. The van der Waals surface area contributed by atoms with Crippen LogP contribution in [0.1, 0.15) is 29.3 Å². The zero-order chi connectivity index (χ0) is 13.5. The molecule has 1 amide bonds. The van der Waals surface area contributed by atoms with Gasteiger partial charge in [-0.3, -0.25) is 4.79 Å². The first-order chi connectivity index (χ1) is 8.54. The van der Waals surface area contributed by atoms with Crippen molar-refractivity contribution in [1.82, 2.24) is 5.32 Å². The molecule has 0 aromatic heterocycles. The Balaban J connectivity index is 2.67. The van der Waals surface area contributed by atoms with E-state index in [0.29, 0.717) is 12.0 Å². The molecule has 1 aromatic rings. The van der Waals surface area contributed by atoms with Gasteiger partial charge >= 0.3 is 5.97 Å². The standard InChI is InChI=1S/C13H17NO4/c1-9(6-7-15)14-12(16)8-10-4-2-3-5-11(10)13(17)18/h2-5,9,15H,6-8H2,1H3,(H,14,16)(H,17,18). The number of carbonyl (C=O) groups excluding carboxylic acids is 1. The van der Waals surface area contributed by atoms with Gasteiger partial charge in [0.05, 0.1) is 12.0 Å². The number of hydrogen-bond donors (Lipinski definition) is 3. The molecule has 0 saturated carbocycles. The second-order valence-corrected chi connectivity index (χ2v) is 4.12. The average molecular weight is 251 g/mol. The molecule has 0 bridgehead atoms. The largest absolute Gasteiger partial charge is 0.478 e. The number of aromatic carboxylic acids is 1. The SMILES string of the molecule is CC(CCO)NC(=O)Cc1ccccc1C(=O)O. The van der Waals surface area contributed by atoms with Gasteiger partial charge in [0, 0.05) is 12.6 Å². The lowest BCUT2D eigenvalue weighted by Gasteiger charge is -2.13. The maximum atomic E-state index is 11.7. The van der Waals surface area contributed by atoms with Crippen molar-refractivity contribution >= 4 is 11.9 Å². The Morgan fingerprint density at radius 3 is 2.61 bits per heavy atom. The minimum absolute atomic E-state index is 0.00710. The number of rotatable bonds is 6. The molecule has 0 heterocycles. The summed E-state index contributed by atoms with van der Waals surface area (Å²) < 4.78 is 0. The lowest BCUT2D eigenvalue weighted by molar-refractivity contribution is -0.121. The van der Waals surface area contributed by atoms with Crippen LogP contribution in [0.2, 0.25) is 0 Å². The average Bonchev–Trinajstić information content (AvgIpc) is 2.29. The van der Waals surface area contributed by atoms with E-state index in [0.717, 1.165) is 0 Å². The molecule has 5 nitrogen and oxygen atoms in total. The van der Waals surface area contributed by atoms with Crippen molar-refractivity contribution in [3.8, 4) is 0 Å². The fourth-order valence-corrected chi connectivity index (χ4v) is 1.65. The van der Waals surface area contributed by atoms with E-state index in [1.807, 2.05) is 0 Å². The van der Waals surface area contributed by atoms with Crippen molar-refractivity contribution in [2.75, 3.05) is 6.61 Å². The van der Waals surface area contributed by atoms with Crippen LogP contribution in [0.3, 0.4) is 0 Å². The van der Waals surface area contributed by atoms with Crippen LogP contribution in [-0.4, -0.2) is 34.7 Å². The first-order valence-electron chi connectivity index (χ1n) is 5.76. The Kier molecular flexibility index (Phi) is 5.32. The molecule has 98 valence electrons. The van der Waals surface area contributed by atoms with Crippen LogP contribution in [0.4, 0.5) is 0 Å². The number of aliphatic hydroxyl groups is 1. The number of nitrogens with one attached hydrogen (secondary N) is 1. The van der Waals surface area contributed by atoms with Gasteiger partial charge in [0.15, 0.2) is 0 Å². The predicted molar refractivity (Wildman–Crippen MR) is 66.4 cm³/mol. The molecule has 0 aliphatic carbocycles. The van der Waals surface area contributed by atoms with Crippen molar-refractivity contribution in [3.63, 3.8) is 0 Å². The Morgan fingerprint density at radius 2 is 2.00 bits per heavy atom. The minimum Gasteiger partial charge on any atom is -0.478 e. The summed E-state index contributed by atoms with van der Waals surface area (Å²) in [6.45, 7) is 1.80. The van der Waals surface area contributed by atoms with Crippen LogP contribution in [0, 0.1) is 0 Å². The first kappa shape index (κ1) is 14.2. The molecule has 0 saturated heterocycles. The molecule has 0 aliphatic rings. The van der Waals surface area contributed by atoms with Gasteiger partial charge in [0.2, 0.25) is 5.91 Å². The van der Waals surface area contributed by atoms with Crippen LogP contribution in [-0.2, 0) is 11.2 Å². The summed E-state index contributed by atoms with van der Waals surface area (Å²) in [5, 5.41) is 20.4. The molecular formula is C13H17NO4. The number of hydrogen-bond acceptors (Lipinski definition) is 3. The van der Waals surface area contributed by atoms with Crippen LogP contribution in [0.5, 0.6) is 0 Å². The van der Waals surface area contributed by atoms with Crippen molar-refractivity contribution < 1.29 is 19.8 Å². The van der Waals surface area contributed by atoms with Gasteiger partial charge in [-0.05, 0) is 25.0 Å². The molecule has 0 fully saturated rings. The first-order valence-corrected chi connectivity index (χ1v) is 5.76. The van der Waals surface area contributed by atoms with Crippen LogP contribution < -0.4 is 5.32 Å². The third-order valence-corrected chi connectivity index (χ3v) is 2.57. The number of carboxylic acid groups (broad SMARTS) is 1. The highest BCUT2D eigenvalue weighted by Gasteiger charge is 2.13. The van der Waals surface area contributed by atoms with Gasteiger partial charge < -0.3 is 15.5 Å². The Hall–Kier alpha value is -1.88. The fourth-order valence-electron chi connectivity index (χ4n) is 1.65. The number of aliphatic hydroxyl groups excluding tert-OH is 1. The maximum absolute atomic E-state index is 11.7. The van der Waals surface area contributed by atoms with E-state index < -0.39 is 5.97 Å². The zero-order valence-corrected chi connectivity index (χ0v) is 10.2. The van der Waals surface area contributed by atoms with Crippen LogP contribution in [0.15, 0.2) is 24.3 Å². The normalized spacial score (nSPS) is 11.9. The van der Waals surface area contributed by atoms with Gasteiger partial charge in [0.1, 0.15) is 0 Å². The highest BCUT2D eigenvalue weighted by Crippen LogP contribution is 2.09. The summed E-state index contributed by atoms with van der Waals surface area (Å²) in [5.74, 6) is -1.29. The second kappa shape index (κ2) is 6.76. The third-order valence-electron chi connectivity index (χ3n) is 2.57. The summed E-state index contributed by atoms with van der Waals surface area (Å²) in [6.07, 6.45) is 0.505. The van der Waals surface area contributed by atoms with Gasteiger partial charge in [-0.1, -0.05) is 18.2 Å². The topological polar surface area (TPSA) is 86.6 Å². The molecule has 0 spiro atoms. The van der Waals surface area contributed by atoms with E-state index >= 15 is 0 Å². The van der Waals surface area contributed by atoms with E-state index in [4.69, 9.17) is 10.2 Å². The molecule has 0 radical (unpaired) electrons. The molecule has 0 aliphatic heterocycles. The lowest BCUT2D eigenvalue weighted by Crippen LogP contribution is -2.34. The number of benzene rings is 1. The molecule has 5 heteroatoms. The van der Waals surface area contributed by atoms with Gasteiger partial charge in [0.25, 0.3) is 0 Å². The summed E-state index contributed by atoms with van der Waals surface area (Å²) in [4.78, 5) is 22.7. The molecule has 18 heavy (non-hydrogen) atoms. The number of carboxylic acids is 1. The van der Waals surface area contributed by atoms with E-state index in [1.165, 1.54) is 6.07 Å². The van der Waals surface area contributed by atoms with Crippen molar-refractivity contribution in [2.24, 2.45) is 0 Å². The molecular weight excluding hydrogens is 234 g/mol. The maximum Gasteiger partial charge on any atom is 0.335 e. The highest BCUT2D eigenvalue weighted by atomic mass is 16.4. The molecule has 1 unspecified atom stereocenters. The summed E-state index contributed by atoms with van der Waals surface area (Å²) >= 11 is 0. The Labute approximate surface area is 105 Å². The van der Waals surface area contributed by atoms with E-state index in [2.05, 4.69) is 5.32 Å². The van der Waals surface area contributed by atoms with E-state index in [-0.39, 0.29) is 30.5 Å². The quantitative estimate of drug-likeness (QED) is 0.698. The third kappa shape index (κ3) is 4.18. The van der Waals surface area contributed by atoms with Crippen molar-refractivity contribution in [2.45, 2.75) is 25.8 Å². The predicted octanol–water partition coefficient (Wildman–Crippen LogP) is 0.814. The monoisotopic (exact) mass is 251 g/mol. The van der Waals surface area contributed by atoms with Crippen LogP contribution >= 0.6 is 0 Å². The summed E-state index contributed by atoms with van der Waals surface area (Å²) in [7, 11) is 0. The molecule has 3 N–H and O–H groups in total. The minimum atomic E-state index is -1.04. The van der Waals surface area contributed by atoms with Gasteiger partial charge in [-0.2, -0.15) is 0 Å².